The van der Waals surface area contributed by atoms with Gasteiger partial charge < -0.3 is 20.3 Å². The number of benzene rings is 3. The Balaban J connectivity index is 1.64. The van der Waals surface area contributed by atoms with Crippen molar-refractivity contribution in [2.45, 2.75) is 65.1 Å². The summed E-state index contributed by atoms with van der Waals surface area (Å²) in [6.45, 7) is 8.94. The van der Waals surface area contributed by atoms with Gasteiger partial charge in [0.15, 0.2) is 0 Å². The Morgan fingerprint density at radius 1 is 0.946 bits per heavy atom. The van der Waals surface area contributed by atoms with Gasteiger partial charge in [-0.2, -0.15) is 0 Å². The van der Waals surface area contributed by atoms with Crippen LogP contribution in [0.25, 0.3) is 10.8 Å². The number of hydrogen-bond donors (Lipinski definition) is 2. The van der Waals surface area contributed by atoms with E-state index in [1.54, 1.807) is 25.7 Å². The minimum absolute atomic E-state index is 0.0701. The molecular formula is C30H35N3O4. The third-order valence-electron chi connectivity index (χ3n) is 6.37. The largest absolute Gasteiger partial charge is 0.444 e. The average molecular weight is 502 g/mol. The number of carbonyl (C=O) groups is 3. The van der Waals surface area contributed by atoms with E-state index in [0.29, 0.717) is 5.69 Å². The molecule has 4 rings (SSSR count). The van der Waals surface area contributed by atoms with E-state index in [4.69, 9.17) is 4.74 Å². The normalized spacial score (nSPS) is 14.1. The van der Waals surface area contributed by atoms with E-state index >= 15 is 0 Å². The number of anilines is 1. The minimum Gasteiger partial charge on any atom is -0.444 e. The maximum Gasteiger partial charge on any atom is 0.408 e. The van der Waals surface area contributed by atoms with Crippen molar-refractivity contribution in [3.63, 3.8) is 0 Å². The van der Waals surface area contributed by atoms with E-state index in [1.165, 1.54) is 0 Å². The van der Waals surface area contributed by atoms with Gasteiger partial charge in [0.1, 0.15) is 18.2 Å². The molecule has 0 aliphatic heterocycles. The first kappa shape index (κ1) is 26.2. The van der Waals surface area contributed by atoms with Gasteiger partial charge in [-0.15, -0.1) is 0 Å². The molecule has 0 bridgehead atoms. The van der Waals surface area contributed by atoms with Crippen LogP contribution >= 0.6 is 0 Å². The predicted molar refractivity (Wildman–Crippen MR) is 145 cm³/mol. The van der Waals surface area contributed by atoms with Crippen molar-refractivity contribution in [2.24, 2.45) is 0 Å². The van der Waals surface area contributed by atoms with Crippen LogP contribution in [0.2, 0.25) is 0 Å². The molecule has 0 radical (unpaired) electrons. The molecule has 1 aliphatic rings. The molecule has 2 N–H and O–H groups in total. The first-order valence-corrected chi connectivity index (χ1v) is 12.7. The van der Waals surface area contributed by atoms with Crippen molar-refractivity contribution >= 4 is 34.4 Å². The molecule has 1 saturated carbocycles. The summed E-state index contributed by atoms with van der Waals surface area (Å²) in [5.41, 5.74) is 2.65. The number of alkyl carbamates (subject to hydrolysis) is 1. The van der Waals surface area contributed by atoms with Crippen molar-refractivity contribution in [3.05, 3.63) is 77.4 Å². The van der Waals surface area contributed by atoms with Gasteiger partial charge in [0.25, 0.3) is 5.91 Å². The summed E-state index contributed by atoms with van der Waals surface area (Å²) in [5.74, 6) is -0.611. The number of aryl methyl sites for hydroxylation is 2. The van der Waals surface area contributed by atoms with Gasteiger partial charge in [0.05, 0.1) is 0 Å². The Labute approximate surface area is 218 Å². The summed E-state index contributed by atoms with van der Waals surface area (Å²) in [7, 11) is 0. The number of amides is 3. The Hall–Kier alpha value is -3.87. The fraction of sp³-hybridized carbons (Fsp3) is 0.367. The highest BCUT2D eigenvalue weighted by molar-refractivity contribution is 6.00. The van der Waals surface area contributed by atoms with Gasteiger partial charge in [-0.1, -0.05) is 48.5 Å². The molecule has 1 unspecified atom stereocenters. The van der Waals surface area contributed by atoms with Gasteiger partial charge in [0, 0.05) is 11.7 Å². The molecule has 3 aromatic rings. The number of nitrogens with zero attached hydrogens (tertiary/aromatic N) is 1. The molecule has 1 aliphatic carbocycles. The van der Waals surface area contributed by atoms with Gasteiger partial charge in [-0.25, -0.2) is 4.79 Å². The molecule has 0 aromatic heterocycles. The van der Waals surface area contributed by atoms with E-state index in [1.807, 2.05) is 74.5 Å². The van der Waals surface area contributed by atoms with E-state index in [2.05, 4.69) is 10.6 Å². The maximum absolute atomic E-state index is 13.9. The predicted octanol–water partition coefficient (Wildman–Crippen LogP) is 5.65. The molecule has 37 heavy (non-hydrogen) atoms. The van der Waals surface area contributed by atoms with Gasteiger partial charge in [0.2, 0.25) is 5.91 Å². The standard InChI is InChI=1S/C30H35N3O4/c1-19-9-8-10-20(2)26(19)27(28(35)32-23-14-13-21-11-6-7-12-22(21)17-23)33(24-15-16-24)25(34)18-31-29(36)37-30(3,4)5/h6-14,17,24,27H,15-16,18H2,1-5H3,(H,31,36)(H,32,35). The van der Waals surface area contributed by atoms with Crippen LogP contribution in [-0.4, -0.2) is 41.0 Å². The number of hydrogen-bond acceptors (Lipinski definition) is 4. The van der Waals surface area contributed by atoms with Crippen LogP contribution in [-0.2, 0) is 14.3 Å². The van der Waals surface area contributed by atoms with Crippen LogP contribution in [0.4, 0.5) is 10.5 Å². The Morgan fingerprint density at radius 2 is 1.59 bits per heavy atom. The molecule has 7 nitrogen and oxygen atoms in total. The Bertz CT molecular complexity index is 1300. The summed E-state index contributed by atoms with van der Waals surface area (Å²) < 4.78 is 5.29. The monoisotopic (exact) mass is 501 g/mol. The topological polar surface area (TPSA) is 87.7 Å². The third kappa shape index (κ3) is 6.47. The van der Waals surface area contributed by atoms with Crippen molar-refractivity contribution in [3.8, 4) is 0 Å². The zero-order valence-corrected chi connectivity index (χ0v) is 22.1. The number of fused-ring (bicyclic) bond motifs is 1. The molecule has 7 heteroatoms. The van der Waals surface area contributed by atoms with Crippen molar-refractivity contribution in [1.29, 1.82) is 0 Å². The SMILES string of the molecule is Cc1cccc(C)c1C(C(=O)Nc1ccc2ccccc2c1)N(C(=O)CNC(=O)OC(C)(C)C)C1CC1. The quantitative estimate of drug-likeness (QED) is 0.438. The summed E-state index contributed by atoms with van der Waals surface area (Å²) in [4.78, 5) is 41.3. The lowest BCUT2D eigenvalue weighted by Gasteiger charge is -2.33. The smallest absolute Gasteiger partial charge is 0.408 e. The minimum atomic E-state index is -0.840. The van der Waals surface area contributed by atoms with Gasteiger partial charge >= 0.3 is 6.09 Å². The van der Waals surface area contributed by atoms with Crippen molar-refractivity contribution in [1.82, 2.24) is 10.2 Å². The summed E-state index contributed by atoms with van der Waals surface area (Å²) in [6, 6.07) is 18.7. The van der Waals surface area contributed by atoms with Crippen LogP contribution in [0.3, 0.4) is 0 Å². The number of rotatable bonds is 7. The summed E-state index contributed by atoms with van der Waals surface area (Å²) in [6.07, 6.45) is 0.951. The fourth-order valence-electron chi connectivity index (χ4n) is 4.60. The second kappa shape index (κ2) is 10.6. The third-order valence-corrected chi connectivity index (χ3v) is 6.37. The van der Waals surface area contributed by atoms with E-state index < -0.39 is 17.7 Å². The molecule has 3 amide bonds. The zero-order valence-electron chi connectivity index (χ0n) is 22.1. The fourth-order valence-corrected chi connectivity index (χ4v) is 4.60. The number of carbonyl (C=O) groups excluding carboxylic acids is 3. The highest BCUT2D eigenvalue weighted by atomic mass is 16.6. The van der Waals surface area contributed by atoms with E-state index in [-0.39, 0.29) is 24.4 Å². The van der Waals surface area contributed by atoms with Gasteiger partial charge in [-0.05, 0) is 87.1 Å². The van der Waals surface area contributed by atoms with Crippen LogP contribution in [0.15, 0.2) is 60.7 Å². The Kier molecular flexibility index (Phi) is 7.52. The first-order valence-electron chi connectivity index (χ1n) is 12.7. The molecule has 1 atom stereocenters. The highest BCUT2D eigenvalue weighted by Crippen LogP contribution is 2.37. The van der Waals surface area contributed by atoms with E-state index in [9.17, 15) is 14.4 Å². The summed E-state index contributed by atoms with van der Waals surface area (Å²) in [5, 5.41) is 7.71. The second-order valence-electron chi connectivity index (χ2n) is 10.6. The molecule has 0 spiro atoms. The number of nitrogens with one attached hydrogen (secondary N) is 2. The molecule has 3 aromatic carbocycles. The lowest BCUT2D eigenvalue weighted by atomic mass is 9.93. The molecular weight excluding hydrogens is 466 g/mol. The lowest BCUT2D eigenvalue weighted by Crippen LogP contribution is -2.48. The first-order chi connectivity index (χ1) is 17.5. The van der Waals surface area contributed by atoms with Crippen LogP contribution in [0, 0.1) is 13.8 Å². The molecule has 194 valence electrons. The van der Waals surface area contributed by atoms with E-state index in [0.717, 1.165) is 40.3 Å². The molecule has 1 fully saturated rings. The van der Waals surface area contributed by atoms with Gasteiger partial charge in [-0.3, -0.25) is 9.59 Å². The molecule has 0 saturated heterocycles. The average Bonchev–Trinajstić information content (AvgIpc) is 3.66. The zero-order chi connectivity index (χ0) is 26.7. The Morgan fingerprint density at radius 3 is 2.22 bits per heavy atom. The molecule has 0 heterocycles. The highest BCUT2D eigenvalue weighted by Gasteiger charge is 2.42. The number of ether oxygens (including phenoxy) is 1. The summed E-state index contributed by atoms with van der Waals surface area (Å²) >= 11 is 0. The van der Waals surface area contributed by atoms with Crippen LogP contribution in [0.1, 0.15) is 56.3 Å². The lowest BCUT2D eigenvalue weighted by molar-refractivity contribution is -0.139. The van der Waals surface area contributed by atoms with Crippen LogP contribution < -0.4 is 10.6 Å². The second-order valence-corrected chi connectivity index (χ2v) is 10.6. The van der Waals surface area contributed by atoms with Crippen LogP contribution in [0.5, 0.6) is 0 Å². The van der Waals surface area contributed by atoms with Crippen molar-refractivity contribution < 1.29 is 19.1 Å². The van der Waals surface area contributed by atoms with Crippen molar-refractivity contribution in [2.75, 3.05) is 11.9 Å². The maximum atomic E-state index is 13.9.